The first-order valence-electron chi connectivity index (χ1n) is 5.01. The summed E-state index contributed by atoms with van der Waals surface area (Å²) in [4.78, 5) is 0. The van der Waals surface area contributed by atoms with Crippen LogP contribution in [0.15, 0.2) is 18.2 Å². The van der Waals surface area contributed by atoms with Crippen LogP contribution in [0.4, 0.5) is 18.9 Å². The number of hydrogen-bond acceptors (Lipinski definition) is 3. The van der Waals surface area contributed by atoms with E-state index in [1.54, 1.807) is 19.2 Å². The minimum absolute atomic E-state index is 0.00538. The number of hydrogen-bond donors (Lipinski definition) is 1. The Labute approximate surface area is 103 Å². The maximum Gasteiger partial charge on any atom is 0.441 e. The molecule has 6 heteroatoms. The van der Waals surface area contributed by atoms with E-state index in [0.29, 0.717) is 0 Å². The van der Waals surface area contributed by atoms with Crippen molar-refractivity contribution in [3.05, 3.63) is 23.8 Å². The summed E-state index contributed by atoms with van der Waals surface area (Å²) in [6.45, 7) is 2.16. The van der Waals surface area contributed by atoms with Gasteiger partial charge in [0.1, 0.15) is 5.75 Å². The van der Waals surface area contributed by atoms with Gasteiger partial charge in [-0.05, 0) is 42.4 Å². The number of aryl methyl sites for hydroxylation is 1. The Morgan fingerprint density at radius 2 is 2.06 bits per heavy atom. The minimum atomic E-state index is -4.16. The molecule has 0 spiro atoms. The van der Waals surface area contributed by atoms with Gasteiger partial charge in [0.25, 0.3) is 0 Å². The summed E-state index contributed by atoms with van der Waals surface area (Å²) in [5.41, 5.74) is -2.41. The smallest absolute Gasteiger partial charge is 0.441 e. The lowest BCUT2D eigenvalue weighted by atomic mass is 10.2. The maximum atomic E-state index is 11.9. The minimum Gasteiger partial charge on any atom is -0.496 e. The van der Waals surface area contributed by atoms with Crippen molar-refractivity contribution in [3.63, 3.8) is 0 Å². The highest BCUT2D eigenvalue weighted by atomic mass is 32.2. The molecular formula is C11H14F3NOS. The van der Waals surface area contributed by atoms with Crippen LogP contribution in [0.5, 0.6) is 5.75 Å². The molecule has 1 aromatic rings. The van der Waals surface area contributed by atoms with Crippen LogP contribution in [0.3, 0.4) is 0 Å². The van der Waals surface area contributed by atoms with E-state index in [-0.39, 0.29) is 24.1 Å². The third kappa shape index (κ3) is 5.21. The van der Waals surface area contributed by atoms with E-state index in [1.165, 1.54) is 0 Å². The molecule has 17 heavy (non-hydrogen) atoms. The highest BCUT2D eigenvalue weighted by Gasteiger charge is 2.27. The van der Waals surface area contributed by atoms with E-state index in [9.17, 15) is 13.2 Å². The third-order valence-corrected chi connectivity index (χ3v) is 2.83. The van der Waals surface area contributed by atoms with Gasteiger partial charge in [-0.3, -0.25) is 0 Å². The molecule has 0 heterocycles. The van der Waals surface area contributed by atoms with Crippen molar-refractivity contribution in [2.75, 3.05) is 24.7 Å². The topological polar surface area (TPSA) is 21.3 Å². The fraction of sp³-hybridized carbons (Fsp3) is 0.455. The summed E-state index contributed by atoms with van der Waals surface area (Å²) < 4.78 is 40.7. The first-order valence-corrected chi connectivity index (χ1v) is 6.00. The third-order valence-electron chi connectivity index (χ3n) is 2.09. The lowest BCUT2D eigenvalue weighted by Crippen LogP contribution is -2.09. The average molecular weight is 265 g/mol. The van der Waals surface area contributed by atoms with Crippen molar-refractivity contribution in [2.24, 2.45) is 0 Å². The Morgan fingerprint density at radius 3 is 2.59 bits per heavy atom. The monoisotopic (exact) mass is 265 g/mol. The second kappa shape index (κ2) is 6.05. The molecule has 0 aliphatic heterocycles. The van der Waals surface area contributed by atoms with E-state index < -0.39 is 5.51 Å². The van der Waals surface area contributed by atoms with Gasteiger partial charge in [0.15, 0.2) is 0 Å². The van der Waals surface area contributed by atoms with E-state index in [4.69, 9.17) is 4.74 Å². The van der Waals surface area contributed by atoms with Gasteiger partial charge in [-0.1, -0.05) is 0 Å². The molecule has 0 radical (unpaired) electrons. The Bertz CT molecular complexity index is 368. The van der Waals surface area contributed by atoms with Gasteiger partial charge in [0.05, 0.1) is 7.11 Å². The van der Waals surface area contributed by atoms with Crippen molar-refractivity contribution < 1.29 is 17.9 Å². The zero-order chi connectivity index (χ0) is 12.9. The maximum absolute atomic E-state index is 11.9. The van der Waals surface area contributed by atoms with Gasteiger partial charge in [-0.2, -0.15) is 13.2 Å². The number of alkyl halides is 3. The number of halogens is 3. The SMILES string of the molecule is COc1ccc(NCCSC(F)(F)F)cc1C. The predicted molar refractivity (Wildman–Crippen MR) is 64.7 cm³/mol. The number of nitrogens with one attached hydrogen (secondary N) is 1. The Hall–Kier alpha value is -1.04. The van der Waals surface area contributed by atoms with Crippen LogP contribution in [-0.2, 0) is 0 Å². The number of rotatable bonds is 5. The van der Waals surface area contributed by atoms with Crippen LogP contribution in [-0.4, -0.2) is 24.9 Å². The molecule has 0 saturated carbocycles. The molecule has 1 aromatic carbocycles. The summed E-state index contributed by atoms with van der Waals surface area (Å²) in [6.07, 6.45) is 0. The van der Waals surface area contributed by atoms with Crippen LogP contribution in [0.2, 0.25) is 0 Å². The summed E-state index contributed by atoms with van der Waals surface area (Å²) in [5.74, 6) is 0.759. The van der Waals surface area contributed by atoms with Crippen LogP contribution < -0.4 is 10.1 Å². The molecule has 2 nitrogen and oxygen atoms in total. The first kappa shape index (κ1) is 14.0. The van der Waals surface area contributed by atoms with Crippen molar-refractivity contribution in [1.29, 1.82) is 0 Å². The Balaban J connectivity index is 2.40. The molecule has 0 unspecified atom stereocenters. The molecule has 0 atom stereocenters. The second-order valence-electron chi connectivity index (χ2n) is 3.41. The summed E-state index contributed by atoms with van der Waals surface area (Å²) in [5, 5.41) is 2.93. The van der Waals surface area contributed by atoms with Gasteiger partial charge in [-0.25, -0.2) is 0 Å². The van der Waals surface area contributed by atoms with Crippen molar-refractivity contribution in [2.45, 2.75) is 12.4 Å². The summed E-state index contributed by atoms with van der Waals surface area (Å²) in [7, 11) is 1.58. The van der Waals surface area contributed by atoms with Gasteiger partial charge in [0.2, 0.25) is 0 Å². The normalized spacial score (nSPS) is 11.4. The van der Waals surface area contributed by atoms with E-state index >= 15 is 0 Å². The molecule has 0 aliphatic rings. The molecule has 0 aromatic heterocycles. The van der Waals surface area contributed by atoms with E-state index in [1.807, 2.05) is 13.0 Å². The molecule has 0 fully saturated rings. The van der Waals surface area contributed by atoms with Crippen LogP contribution in [0.25, 0.3) is 0 Å². The van der Waals surface area contributed by atoms with Gasteiger partial charge >= 0.3 is 5.51 Å². The number of thioether (sulfide) groups is 1. The summed E-state index contributed by atoms with van der Waals surface area (Å²) >= 11 is -0.0225. The molecule has 0 bridgehead atoms. The average Bonchev–Trinajstić information content (AvgIpc) is 2.23. The molecule has 0 saturated heterocycles. The summed E-state index contributed by atoms with van der Waals surface area (Å²) in [6, 6.07) is 5.41. The highest BCUT2D eigenvalue weighted by Crippen LogP contribution is 2.29. The number of ether oxygens (including phenoxy) is 1. The van der Waals surface area contributed by atoms with E-state index in [2.05, 4.69) is 5.32 Å². The molecule has 1 rings (SSSR count). The van der Waals surface area contributed by atoms with Crippen LogP contribution >= 0.6 is 11.8 Å². The van der Waals surface area contributed by atoms with Crippen LogP contribution in [0, 0.1) is 6.92 Å². The zero-order valence-electron chi connectivity index (χ0n) is 9.60. The molecule has 0 amide bonds. The van der Waals surface area contributed by atoms with Crippen molar-refractivity contribution in [1.82, 2.24) is 0 Å². The second-order valence-corrected chi connectivity index (χ2v) is 4.57. The van der Waals surface area contributed by atoms with Crippen molar-refractivity contribution in [3.8, 4) is 5.75 Å². The fourth-order valence-corrected chi connectivity index (χ4v) is 1.79. The molecule has 96 valence electrons. The number of anilines is 1. The zero-order valence-corrected chi connectivity index (χ0v) is 10.4. The molecule has 0 aliphatic carbocycles. The lowest BCUT2D eigenvalue weighted by molar-refractivity contribution is -0.0327. The van der Waals surface area contributed by atoms with Gasteiger partial charge in [0, 0.05) is 18.0 Å². The highest BCUT2D eigenvalue weighted by molar-refractivity contribution is 8.00. The van der Waals surface area contributed by atoms with E-state index in [0.717, 1.165) is 17.0 Å². The number of benzene rings is 1. The largest absolute Gasteiger partial charge is 0.496 e. The van der Waals surface area contributed by atoms with Gasteiger partial charge < -0.3 is 10.1 Å². The first-order chi connectivity index (χ1) is 7.92. The lowest BCUT2D eigenvalue weighted by Gasteiger charge is -2.10. The predicted octanol–water partition coefficient (Wildman–Crippen LogP) is 3.67. The Morgan fingerprint density at radius 1 is 1.35 bits per heavy atom. The van der Waals surface area contributed by atoms with Gasteiger partial charge in [-0.15, -0.1) is 0 Å². The fourth-order valence-electron chi connectivity index (χ4n) is 1.35. The quantitative estimate of drug-likeness (QED) is 0.821. The Kier molecular flexibility index (Phi) is 4.99. The molecular weight excluding hydrogens is 251 g/mol. The standard InChI is InChI=1S/C11H14F3NOS/c1-8-7-9(3-4-10(8)16-2)15-5-6-17-11(12,13)14/h3-4,7,15H,5-6H2,1-2H3. The van der Waals surface area contributed by atoms with Crippen molar-refractivity contribution >= 4 is 17.4 Å². The van der Waals surface area contributed by atoms with Crippen LogP contribution in [0.1, 0.15) is 5.56 Å². The molecule has 1 N–H and O–H groups in total. The number of methoxy groups -OCH3 is 1.